The molecule has 1 atom stereocenters. The third-order valence-corrected chi connectivity index (χ3v) is 4.05. The Morgan fingerprint density at radius 3 is 1.81 bits per heavy atom. The molecular formula is C18H25F4N3O2. The standard InChI is InChI=1S/C18H25F4N3O2/c1-10(2)25(11(3)4)24-23-15-12(5)8-14(9-13(15)6)17(19,16(26)27-7)18(20,21)22/h8-11H,1-7H3. The third kappa shape index (κ3) is 4.56. The summed E-state index contributed by atoms with van der Waals surface area (Å²) in [5.41, 5.74) is -4.26. The molecule has 0 aliphatic heterocycles. The first-order valence-corrected chi connectivity index (χ1v) is 8.43. The highest BCUT2D eigenvalue weighted by Gasteiger charge is 2.64. The molecule has 1 aromatic rings. The summed E-state index contributed by atoms with van der Waals surface area (Å²) in [4.78, 5) is 11.6. The van der Waals surface area contributed by atoms with Crippen LogP contribution in [0.1, 0.15) is 44.4 Å². The Hall–Kier alpha value is -2.19. The van der Waals surface area contributed by atoms with Crippen LogP contribution < -0.4 is 0 Å². The highest BCUT2D eigenvalue weighted by molar-refractivity contribution is 5.83. The van der Waals surface area contributed by atoms with Crippen molar-refractivity contribution >= 4 is 11.7 Å². The lowest BCUT2D eigenvalue weighted by Gasteiger charge is -2.27. The number of methoxy groups -OCH3 is 1. The van der Waals surface area contributed by atoms with Gasteiger partial charge >= 0.3 is 17.8 Å². The number of hydrogen-bond acceptors (Lipinski definition) is 4. The molecule has 0 fully saturated rings. The topological polar surface area (TPSA) is 54.3 Å². The fraction of sp³-hybridized carbons (Fsp3) is 0.611. The molecule has 0 radical (unpaired) electrons. The van der Waals surface area contributed by atoms with Gasteiger partial charge in [-0.25, -0.2) is 9.18 Å². The number of rotatable bonds is 6. The van der Waals surface area contributed by atoms with Crippen LogP contribution in [0, 0.1) is 13.8 Å². The molecule has 0 spiro atoms. The first-order valence-electron chi connectivity index (χ1n) is 8.43. The van der Waals surface area contributed by atoms with Crippen molar-refractivity contribution < 1.29 is 27.1 Å². The maximum Gasteiger partial charge on any atom is 0.437 e. The summed E-state index contributed by atoms with van der Waals surface area (Å²) in [5.74, 6) is -2.02. The summed E-state index contributed by atoms with van der Waals surface area (Å²) < 4.78 is 58.7. The van der Waals surface area contributed by atoms with Crippen LogP contribution in [-0.2, 0) is 15.2 Å². The van der Waals surface area contributed by atoms with Crippen molar-refractivity contribution in [3.8, 4) is 0 Å². The van der Waals surface area contributed by atoms with Gasteiger partial charge in [-0.3, -0.25) is 5.01 Å². The minimum Gasteiger partial charge on any atom is -0.466 e. The lowest BCUT2D eigenvalue weighted by molar-refractivity contribution is -0.242. The third-order valence-electron chi connectivity index (χ3n) is 4.05. The normalized spacial score (nSPS) is 14.7. The smallest absolute Gasteiger partial charge is 0.437 e. The Morgan fingerprint density at radius 2 is 1.48 bits per heavy atom. The van der Waals surface area contributed by atoms with Gasteiger partial charge < -0.3 is 4.74 Å². The van der Waals surface area contributed by atoms with Crippen LogP contribution in [0.5, 0.6) is 0 Å². The van der Waals surface area contributed by atoms with Gasteiger partial charge in [0.25, 0.3) is 0 Å². The zero-order chi connectivity index (χ0) is 21.2. The number of aryl methyl sites for hydroxylation is 2. The van der Waals surface area contributed by atoms with Gasteiger partial charge in [0, 0.05) is 17.6 Å². The Balaban J connectivity index is 3.46. The Labute approximate surface area is 156 Å². The van der Waals surface area contributed by atoms with Crippen molar-refractivity contribution in [2.45, 2.75) is 65.5 Å². The molecule has 0 bridgehead atoms. The van der Waals surface area contributed by atoms with Crippen molar-refractivity contribution in [3.05, 3.63) is 28.8 Å². The Bertz CT molecular complexity index is 686. The average Bonchev–Trinajstić information content (AvgIpc) is 2.53. The van der Waals surface area contributed by atoms with Gasteiger partial charge in [-0.2, -0.15) is 13.2 Å². The summed E-state index contributed by atoms with van der Waals surface area (Å²) in [6.07, 6.45) is -5.46. The zero-order valence-corrected chi connectivity index (χ0v) is 16.5. The second kappa shape index (κ2) is 8.22. The van der Waals surface area contributed by atoms with Crippen LogP contribution in [0.3, 0.4) is 0 Å². The lowest BCUT2D eigenvalue weighted by atomic mass is 9.91. The van der Waals surface area contributed by atoms with Gasteiger partial charge in [0.05, 0.1) is 12.8 Å². The quantitative estimate of drug-likeness (QED) is 0.285. The molecule has 0 heterocycles. The van der Waals surface area contributed by atoms with E-state index in [2.05, 4.69) is 15.1 Å². The molecule has 27 heavy (non-hydrogen) atoms. The molecule has 0 aromatic heterocycles. The minimum absolute atomic E-state index is 0.0664. The lowest BCUT2D eigenvalue weighted by Crippen LogP contribution is -2.46. The van der Waals surface area contributed by atoms with E-state index in [4.69, 9.17) is 0 Å². The van der Waals surface area contributed by atoms with E-state index in [9.17, 15) is 22.4 Å². The van der Waals surface area contributed by atoms with Crippen LogP contribution >= 0.6 is 0 Å². The number of carbonyl (C=O) groups is 1. The van der Waals surface area contributed by atoms with Gasteiger partial charge in [0.15, 0.2) is 0 Å². The summed E-state index contributed by atoms with van der Waals surface area (Å²) in [6, 6.07) is 2.02. The molecule has 5 nitrogen and oxygen atoms in total. The molecule has 9 heteroatoms. The molecule has 0 N–H and O–H groups in total. The van der Waals surface area contributed by atoms with E-state index in [1.807, 2.05) is 27.7 Å². The highest BCUT2D eigenvalue weighted by Crippen LogP contribution is 2.45. The number of carbonyl (C=O) groups excluding carboxylic acids is 1. The number of hydrogen-bond donors (Lipinski definition) is 0. The van der Waals surface area contributed by atoms with E-state index in [-0.39, 0.29) is 23.2 Å². The number of ether oxygens (including phenoxy) is 1. The number of alkyl halides is 4. The summed E-state index contributed by atoms with van der Waals surface area (Å²) in [6.45, 7) is 10.7. The molecule has 0 aliphatic carbocycles. The van der Waals surface area contributed by atoms with Crippen molar-refractivity contribution in [1.82, 2.24) is 5.01 Å². The second-order valence-electron chi connectivity index (χ2n) is 6.86. The fourth-order valence-corrected chi connectivity index (χ4v) is 2.75. The van der Waals surface area contributed by atoms with Gasteiger partial charge in [-0.05, 0) is 64.8 Å². The molecule has 1 unspecified atom stereocenters. The average molecular weight is 391 g/mol. The Kier molecular flexibility index (Phi) is 6.96. The maximum absolute atomic E-state index is 14.8. The van der Waals surface area contributed by atoms with E-state index in [0.29, 0.717) is 12.8 Å². The number of nitrogens with zero attached hydrogens (tertiary/aromatic N) is 3. The zero-order valence-electron chi connectivity index (χ0n) is 16.5. The molecule has 0 amide bonds. The summed E-state index contributed by atoms with van der Waals surface area (Å²) >= 11 is 0. The second-order valence-corrected chi connectivity index (χ2v) is 6.86. The van der Waals surface area contributed by atoms with E-state index in [0.717, 1.165) is 12.1 Å². The molecule has 0 saturated heterocycles. The van der Waals surface area contributed by atoms with Gasteiger partial charge in [-0.1, -0.05) is 5.22 Å². The van der Waals surface area contributed by atoms with Crippen LogP contribution in [0.4, 0.5) is 23.2 Å². The van der Waals surface area contributed by atoms with Gasteiger partial charge in [0.2, 0.25) is 0 Å². The minimum atomic E-state index is -5.46. The molecule has 0 aliphatic rings. The van der Waals surface area contributed by atoms with E-state index in [1.165, 1.54) is 13.8 Å². The molecule has 1 rings (SSSR count). The highest BCUT2D eigenvalue weighted by atomic mass is 19.4. The SMILES string of the molecule is COC(=O)C(F)(c1cc(C)c(N=NN(C(C)C)C(C)C)c(C)c1)C(F)(F)F. The molecule has 152 valence electrons. The van der Waals surface area contributed by atoms with Crippen molar-refractivity contribution in [3.63, 3.8) is 0 Å². The number of benzene rings is 1. The predicted molar refractivity (Wildman–Crippen MR) is 93.4 cm³/mol. The molecule has 0 saturated carbocycles. The van der Waals surface area contributed by atoms with Crippen molar-refractivity contribution in [1.29, 1.82) is 0 Å². The fourth-order valence-electron chi connectivity index (χ4n) is 2.75. The summed E-state index contributed by atoms with van der Waals surface area (Å²) in [5, 5.41) is 10.0. The monoisotopic (exact) mass is 391 g/mol. The van der Waals surface area contributed by atoms with Crippen LogP contribution in [-0.4, -0.2) is 36.3 Å². The van der Waals surface area contributed by atoms with E-state index in [1.54, 1.807) is 5.01 Å². The van der Waals surface area contributed by atoms with Crippen LogP contribution in [0.25, 0.3) is 0 Å². The van der Waals surface area contributed by atoms with Crippen molar-refractivity contribution in [2.24, 2.45) is 10.3 Å². The largest absolute Gasteiger partial charge is 0.466 e. The first kappa shape index (κ1) is 22.9. The van der Waals surface area contributed by atoms with Gasteiger partial charge in [0.1, 0.15) is 0 Å². The maximum atomic E-state index is 14.8. The van der Waals surface area contributed by atoms with Crippen molar-refractivity contribution in [2.75, 3.05) is 7.11 Å². The number of esters is 1. The van der Waals surface area contributed by atoms with Crippen LogP contribution in [0.15, 0.2) is 22.5 Å². The first-order chi connectivity index (χ1) is 12.3. The number of halogens is 4. The summed E-state index contributed by atoms with van der Waals surface area (Å²) in [7, 11) is 0.705. The molecular weight excluding hydrogens is 366 g/mol. The van der Waals surface area contributed by atoms with Crippen LogP contribution in [0.2, 0.25) is 0 Å². The van der Waals surface area contributed by atoms with E-state index < -0.39 is 23.4 Å². The Morgan fingerprint density at radius 1 is 1.04 bits per heavy atom. The van der Waals surface area contributed by atoms with Gasteiger partial charge in [-0.15, -0.1) is 5.11 Å². The predicted octanol–water partition coefficient (Wildman–Crippen LogP) is 5.32. The molecule has 1 aromatic carbocycles. The van der Waals surface area contributed by atoms with E-state index >= 15 is 0 Å².